The summed E-state index contributed by atoms with van der Waals surface area (Å²) in [4.78, 5) is 66.6. The number of carbonyl (C=O) groups excluding carboxylic acids is 4. The number of esters is 1. The Kier molecular flexibility index (Phi) is 11.9. The van der Waals surface area contributed by atoms with Crippen LogP contribution in [-0.4, -0.2) is 95.9 Å². The second-order valence-corrected chi connectivity index (χ2v) is 19.1. The average molecular weight is 839 g/mol. The monoisotopic (exact) mass is 838 g/mol. The lowest BCUT2D eigenvalue weighted by Crippen LogP contribution is -2.49. The van der Waals surface area contributed by atoms with Gasteiger partial charge in [-0.3, -0.25) is 23.9 Å². The number of ketones is 1. The van der Waals surface area contributed by atoms with E-state index in [1.54, 1.807) is 31.2 Å². The molecular weight excluding hydrogens is 789 g/mol. The molecule has 1 aromatic carbocycles. The first-order chi connectivity index (χ1) is 27.1. The van der Waals surface area contributed by atoms with Crippen molar-refractivity contribution in [2.45, 2.75) is 114 Å². The molecule has 2 aromatic rings. The van der Waals surface area contributed by atoms with E-state index in [1.165, 1.54) is 18.2 Å². The Hall–Kier alpha value is -4.35. The van der Waals surface area contributed by atoms with E-state index >= 15 is 0 Å². The molecule has 0 bridgehead atoms. The van der Waals surface area contributed by atoms with Crippen molar-refractivity contribution in [2.24, 2.45) is 29.1 Å². The Morgan fingerprint density at radius 3 is 2.47 bits per heavy atom. The van der Waals surface area contributed by atoms with Gasteiger partial charge in [0.25, 0.3) is 0 Å². The zero-order chi connectivity index (χ0) is 42.4. The van der Waals surface area contributed by atoms with Crippen LogP contribution in [0.3, 0.4) is 0 Å². The minimum Gasteiger partial charge on any atom is -0.497 e. The van der Waals surface area contributed by atoms with Gasteiger partial charge < -0.3 is 19.1 Å². The van der Waals surface area contributed by atoms with Gasteiger partial charge in [0.05, 0.1) is 54.7 Å². The number of hydrogen-bond acceptors (Lipinski definition) is 11. The third kappa shape index (κ3) is 8.81. The minimum atomic E-state index is -4.89. The summed E-state index contributed by atoms with van der Waals surface area (Å²) in [5.74, 6) is -5.13. The number of carbonyl (C=O) groups is 4. The number of rotatable bonds is 10. The van der Waals surface area contributed by atoms with Crippen molar-refractivity contribution < 1.29 is 59.4 Å². The topological polar surface area (TPSA) is 171 Å². The normalized spacial score (nSPS) is 29.6. The molecule has 1 N–H and O–H groups in total. The Morgan fingerprint density at radius 1 is 1.09 bits per heavy atom. The van der Waals surface area contributed by atoms with E-state index in [0.717, 1.165) is 13.8 Å². The van der Waals surface area contributed by atoms with Crippen LogP contribution in [0.25, 0.3) is 11.0 Å². The van der Waals surface area contributed by atoms with E-state index in [1.807, 2.05) is 13.0 Å². The number of sulfonamides is 1. The van der Waals surface area contributed by atoms with Crippen LogP contribution in [0.4, 0.5) is 17.6 Å². The molecular formula is C40H50F4N4O9S. The summed E-state index contributed by atoms with van der Waals surface area (Å²) < 4.78 is 98.2. The molecule has 0 spiro atoms. The molecule has 2 aliphatic heterocycles. The molecule has 18 heteroatoms. The van der Waals surface area contributed by atoms with E-state index < -0.39 is 105 Å². The van der Waals surface area contributed by atoms with Crippen LogP contribution in [0, 0.1) is 29.1 Å². The van der Waals surface area contributed by atoms with Crippen LogP contribution in [0.1, 0.15) is 85.5 Å². The fourth-order valence-corrected chi connectivity index (χ4v) is 9.58. The Labute approximate surface area is 334 Å². The van der Waals surface area contributed by atoms with Crippen LogP contribution >= 0.6 is 0 Å². The van der Waals surface area contributed by atoms with Gasteiger partial charge in [-0.1, -0.05) is 26.0 Å². The van der Waals surface area contributed by atoms with Crippen molar-refractivity contribution in [3.63, 3.8) is 0 Å². The van der Waals surface area contributed by atoms with Crippen LogP contribution in [0.15, 0.2) is 36.5 Å². The first-order valence-corrected chi connectivity index (χ1v) is 21.0. The SMILES string of the molecule is COc1ccc2ncc(O[C@@H]3C[C@H]4C(=O)C[C@]5(C(=O)NS(=O)(=O)C6(CF)CC6)C[C@H]5/C=C\CC[C@@H](C)C[C@@H](C)[C@H](CC(=O)OC(C)(C)C(F)(F)F)C(=O)N4C3)nc2c1. The lowest BCUT2D eigenvalue weighted by molar-refractivity contribution is -0.257. The number of allylic oxidation sites excluding steroid dienone is 2. The minimum absolute atomic E-state index is 0.0206. The van der Waals surface area contributed by atoms with Gasteiger partial charge in [0.15, 0.2) is 5.78 Å². The molecule has 2 saturated carbocycles. The number of hydrogen-bond donors (Lipinski definition) is 1. The summed E-state index contributed by atoms with van der Waals surface area (Å²) in [6.45, 7) is 3.75. The smallest absolute Gasteiger partial charge is 0.427 e. The summed E-state index contributed by atoms with van der Waals surface area (Å²) in [5, 5.41) is 0. The number of halogens is 4. The lowest BCUT2D eigenvalue weighted by Gasteiger charge is -2.33. The molecule has 2 amide bonds. The van der Waals surface area contributed by atoms with Crippen molar-refractivity contribution in [3.8, 4) is 11.6 Å². The summed E-state index contributed by atoms with van der Waals surface area (Å²) in [7, 11) is -2.92. The molecule has 3 heterocycles. The predicted molar refractivity (Wildman–Crippen MR) is 201 cm³/mol. The number of benzene rings is 1. The van der Waals surface area contributed by atoms with Gasteiger partial charge in [0.2, 0.25) is 33.3 Å². The molecule has 1 saturated heterocycles. The maximum atomic E-state index is 14.8. The highest BCUT2D eigenvalue weighted by molar-refractivity contribution is 7.91. The summed E-state index contributed by atoms with van der Waals surface area (Å²) in [5.41, 5.74) is -3.36. The molecule has 3 fully saturated rings. The summed E-state index contributed by atoms with van der Waals surface area (Å²) in [6.07, 6.45) is -0.185. The third-order valence-corrected chi connectivity index (χ3v) is 14.4. The molecule has 0 radical (unpaired) electrons. The summed E-state index contributed by atoms with van der Waals surface area (Å²) >= 11 is 0. The third-order valence-electron chi connectivity index (χ3n) is 12.3. The number of methoxy groups -OCH3 is 1. The van der Waals surface area contributed by atoms with Crippen LogP contribution in [0.5, 0.6) is 11.6 Å². The van der Waals surface area contributed by atoms with Crippen molar-refractivity contribution in [1.29, 1.82) is 0 Å². The van der Waals surface area contributed by atoms with Gasteiger partial charge in [-0.2, -0.15) is 13.2 Å². The molecule has 318 valence electrons. The molecule has 4 aliphatic rings. The molecule has 6 rings (SSSR count). The molecule has 13 nitrogen and oxygen atoms in total. The number of Topliss-reactive ketones (excluding diaryl/α,β-unsaturated/α-hetero) is 1. The first kappa shape index (κ1) is 43.2. The Bertz CT molecular complexity index is 2080. The number of aromatic nitrogens is 2. The Balaban J connectivity index is 1.34. The lowest BCUT2D eigenvalue weighted by atomic mass is 9.82. The quantitative estimate of drug-likeness (QED) is 0.174. The molecule has 0 unspecified atom stereocenters. The largest absolute Gasteiger partial charge is 0.497 e. The maximum Gasteiger partial charge on any atom is 0.427 e. The molecule has 1 aromatic heterocycles. The first-order valence-electron chi connectivity index (χ1n) is 19.5. The molecule has 7 atom stereocenters. The average Bonchev–Trinajstić information content (AvgIpc) is 4.05. The van der Waals surface area contributed by atoms with Crippen molar-refractivity contribution in [1.82, 2.24) is 19.6 Å². The molecule has 58 heavy (non-hydrogen) atoms. The fourth-order valence-electron chi connectivity index (χ4n) is 8.13. The highest BCUT2D eigenvalue weighted by Crippen LogP contribution is 2.58. The standard InChI is InChI=1S/C40H50F4N4O9S/c1-23-8-6-7-9-25-18-39(25,36(52)47-58(53,54)38(22-41)12-13-38)19-32(49)31-16-27(56-33-20-45-29-11-10-26(55-5)15-30(29)46-33)21-48(31)35(51)28(24(2)14-23)17-34(50)57-37(3,4)40(42,43)44/h7,9-11,15,20,23-25,27-28,31H,6,8,12-14,16-19,21-22H2,1-5H3,(H,47,52)/b9-7-/t23-,24-,25-,27-,28+,31+,39-/m1/s1. The highest BCUT2D eigenvalue weighted by atomic mass is 32.2. The predicted octanol–water partition coefficient (Wildman–Crippen LogP) is 5.80. The van der Waals surface area contributed by atoms with Crippen LogP contribution < -0.4 is 14.2 Å². The van der Waals surface area contributed by atoms with Crippen LogP contribution in [0.2, 0.25) is 0 Å². The summed E-state index contributed by atoms with van der Waals surface area (Å²) in [6, 6.07) is 3.83. The maximum absolute atomic E-state index is 14.8. The number of nitrogens with one attached hydrogen (secondary N) is 1. The number of alkyl halides is 4. The second-order valence-electron chi connectivity index (χ2n) is 17.0. The zero-order valence-corrected chi connectivity index (χ0v) is 34.0. The van der Waals surface area contributed by atoms with Gasteiger partial charge in [-0.25, -0.2) is 22.8 Å². The fraction of sp³-hybridized carbons (Fsp3) is 0.650. The van der Waals surface area contributed by atoms with Gasteiger partial charge >= 0.3 is 12.1 Å². The van der Waals surface area contributed by atoms with Gasteiger partial charge in [0.1, 0.15) is 23.3 Å². The van der Waals surface area contributed by atoms with Crippen LogP contribution in [-0.2, 0) is 33.9 Å². The van der Waals surface area contributed by atoms with E-state index in [4.69, 9.17) is 14.2 Å². The molecule has 2 aliphatic carbocycles. The van der Waals surface area contributed by atoms with E-state index in [9.17, 15) is 45.2 Å². The highest BCUT2D eigenvalue weighted by Gasteiger charge is 2.63. The van der Waals surface area contributed by atoms with Crippen molar-refractivity contribution in [3.05, 3.63) is 36.5 Å². The number of ether oxygens (including phenoxy) is 3. The Morgan fingerprint density at radius 2 is 1.81 bits per heavy atom. The van der Waals surface area contributed by atoms with E-state index in [2.05, 4.69) is 14.7 Å². The number of amides is 2. The van der Waals surface area contributed by atoms with Crippen molar-refractivity contribution >= 4 is 44.6 Å². The van der Waals surface area contributed by atoms with E-state index in [-0.39, 0.29) is 44.0 Å². The van der Waals surface area contributed by atoms with Crippen molar-refractivity contribution in [2.75, 3.05) is 20.3 Å². The number of nitrogens with zero attached hydrogens (tertiary/aromatic N) is 3. The van der Waals surface area contributed by atoms with Gasteiger partial charge in [0, 0.05) is 18.9 Å². The van der Waals surface area contributed by atoms with Gasteiger partial charge in [-0.05, 0) is 82.3 Å². The second kappa shape index (κ2) is 16.0. The number of fused-ring (bicyclic) bond motifs is 3. The zero-order valence-electron chi connectivity index (χ0n) is 33.1. The van der Waals surface area contributed by atoms with E-state index in [0.29, 0.717) is 36.0 Å². The van der Waals surface area contributed by atoms with Gasteiger partial charge in [-0.15, -0.1) is 0 Å².